The maximum absolute atomic E-state index is 5.90. The van der Waals surface area contributed by atoms with Crippen LogP contribution in [-0.4, -0.2) is 34.8 Å². The summed E-state index contributed by atoms with van der Waals surface area (Å²) in [6, 6.07) is 0. The first-order valence-electron chi connectivity index (χ1n) is 6.52. The molecule has 0 aromatic carbocycles. The van der Waals surface area contributed by atoms with Crippen LogP contribution in [0, 0.1) is 6.92 Å². The summed E-state index contributed by atoms with van der Waals surface area (Å²) in [6.07, 6.45) is 4.48. The van der Waals surface area contributed by atoms with E-state index in [1.165, 1.54) is 0 Å². The van der Waals surface area contributed by atoms with Gasteiger partial charge in [0, 0.05) is 38.8 Å². The van der Waals surface area contributed by atoms with E-state index in [-0.39, 0.29) is 0 Å². The number of nitrogens with zero attached hydrogens (tertiary/aromatic N) is 6. The maximum Gasteiger partial charge on any atom is 0.159 e. The van der Waals surface area contributed by atoms with E-state index in [0.717, 1.165) is 34.9 Å². The number of rotatable bonds is 4. The highest BCUT2D eigenvalue weighted by Crippen LogP contribution is 2.20. The van der Waals surface area contributed by atoms with Gasteiger partial charge < -0.3 is 9.13 Å². The number of alkyl halides is 1. The third-order valence-corrected chi connectivity index (χ3v) is 3.70. The molecule has 0 spiro atoms. The maximum atomic E-state index is 5.90. The molecule has 3 aromatic rings. The Balaban J connectivity index is 2.15. The first kappa shape index (κ1) is 13.2. The molecule has 106 valence electrons. The Morgan fingerprint density at radius 3 is 2.70 bits per heavy atom. The van der Waals surface area contributed by atoms with Crippen LogP contribution in [0.3, 0.4) is 0 Å². The van der Waals surface area contributed by atoms with Gasteiger partial charge >= 0.3 is 0 Å². The Morgan fingerprint density at radius 2 is 2.05 bits per heavy atom. The lowest BCUT2D eigenvalue weighted by molar-refractivity contribution is 0.652. The second-order valence-electron chi connectivity index (χ2n) is 4.89. The van der Waals surface area contributed by atoms with Crippen molar-refractivity contribution in [2.75, 3.05) is 5.88 Å². The fourth-order valence-electron chi connectivity index (χ4n) is 2.51. The molecular weight excluding hydrogens is 276 g/mol. The summed E-state index contributed by atoms with van der Waals surface area (Å²) in [6.45, 7) is 2.65. The van der Waals surface area contributed by atoms with Gasteiger partial charge in [0.05, 0.1) is 12.2 Å². The number of aromatic nitrogens is 6. The minimum atomic E-state index is 0.552. The van der Waals surface area contributed by atoms with E-state index in [9.17, 15) is 0 Å². The number of aryl methyl sites for hydroxylation is 4. The molecular formula is C13H17ClN6. The minimum Gasteiger partial charge on any atom is -0.337 e. The second-order valence-corrected chi connectivity index (χ2v) is 5.27. The molecule has 6 nitrogen and oxygen atoms in total. The zero-order chi connectivity index (χ0) is 14.3. The van der Waals surface area contributed by atoms with Crippen LogP contribution in [0.15, 0.2) is 12.4 Å². The van der Waals surface area contributed by atoms with Gasteiger partial charge in [-0.05, 0) is 6.92 Å². The van der Waals surface area contributed by atoms with Crippen LogP contribution in [0.25, 0.3) is 11.2 Å². The molecule has 7 heteroatoms. The summed E-state index contributed by atoms with van der Waals surface area (Å²) < 4.78 is 6.04. The summed E-state index contributed by atoms with van der Waals surface area (Å²) in [5.41, 5.74) is 2.91. The van der Waals surface area contributed by atoms with Gasteiger partial charge in [-0.1, -0.05) is 0 Å². The van der Waals surface area contributed by atoms with Gasteiger partial charge in [-0.15, -0.1) is 11.6 Å². The van der Waals surface area contributed by atoms with Crippen LogP contribution in [0.1, 0.15) is 17.3 Å². The quantitative estimate of drug-likeness (QED) is 0.687. The molecule has 0 amide bonds. The molecule has 0 unspecified atom stereocenters. The summed E-state index contributed by atoms with van der Waals surface area (Å²) in [5, 5.41) is 4.44. The number of hydrogen-bond donors (Lipinski definition) is 0. The van der Waals surface area contributed by atoms with E-state index >= 15 is 0 Å². The van der Waals surface area contributed by atoms with Crippen LogP contribution in [-0.2, 0) is 27.1 Å². The topological polar surface area (TPSA) is 53.5 Å². The van der Waals surface area contributed by atoms with Crippen molar-refractivity contribution < 1.29 is 0 Å². The number of fused-ring (bicyclic) bond motifs is 1. The fourth-order valence-corrected chi connectivity index (χ4v) is 2.68. The fraction of sp³-hybridized carbons (Fsp3) is 0.462. The molecule has 0 aliphatic heterocycles. The Labute approximate surface area is 122 Å². The predicted molar refractivity (Wildman–Crippen MR) is 78.0 cm³/mol. The average molecular weight is 293 g/mol. The second kappa shape index (κ2) is 4.94. The smallest absolute Gasteiger partial charge is 0.159 e. The highest BCUT2D eigenvalue weighted by molar-refractivity contribution is 6.17. The summed E-state index contributed by atoms with van der Waals surface area (Å²) in [7, 11) is 3.93. The number of hydrogen-bond acceptors (Lipinski definition) is 3. The first-order chi connectivity index (χ1) is 9.61. The average Bonchev–Trinajstić information content (AvgIpc) is 3.03. The Morgan fingerprint density at radius 1 is 1.25 bits per heavy atom. The van der Waals surface area contributed by atoms with E-state index in [1.54, 1.807) is 6.20 Å². The SMILES string of the molecule is Cc1nn(C)c2c1nc(CCCl)n2Cc1nccn1C. The van der Waals surface area contributed by atoms with Crippen molar-refractivity contribution in [2.45, 2.75) is 19.9 Å². The van der Waals surface area contributed by atoms with Gasteiger partial charge in [0.15, 0.2) is 5.65 Å². The highest BCUT2D eigenvalue weighted by atomic mass is 35.5. The molecule has 0 saturated carbocycles. The van der Waals surface area contributed by atoms with E-state index < -0.39 is 0 Å². The van der Waals surface area contributed by atoms with E-state index in [2.05, 4.69) is 14.6 Å². The third-order valence-electron chi connectivity index (χ3n) is 3.51. The largest absolute Gasteiger partial charge is 0.337 e. The normalized spacial score (nSPS) is 11.6. The lowest BCUT2D eigenvalue weighted by atomic mass is 10.4. The molecule has 0 atom stereocenters. The van der Waals surface area contributed by atoms with Gasteiger partial charge in [-0.25, -0.2) is 9.97 Å². The van der Waals surface area contributed by atoms with Crippen molar-refractivity contribution in [3.8, 4) is 0 Å². The molecule has 20 heavy (non-hydrogen) atoms. The summed E-state index contributed by atoms with van der Waals surface area (Å²) in [4.78, 5) is 9.08. The molecule has 0 bridgehead atoms. The van der Waals surface area contributed by atoms with Crippen molar-refractivity contribution in [3.63, 3.8) is 0 Å². The van der Waals surface area contributed by atoms with Gasteiger partial charge in [0.25, 0.3) is 0 Å². The molecule has 0 aliphatic carbocycles. The summed E-state index contributed by atoms with van der Waals surface area (Å²) >= 11 is 5.90. The van der Waals surface area contributed by atoms with E-state index in [0.29, 0.717) is 12.4 Å². The van der Waals surface area contributed by atoms with Gasteiger partial charge in [-0.3, -0.25) is 4.68 Å². The van der Waals surface area contributed by atoms with E-state index in [1.807, 2.05) is 36.5 Å². The van der Waals surface area contributed by atoms with Gasteiger partial charge in [0.2, 0.25) is 0 Å². The Hall–Kier alpha value is -1.82. The van der Waals surface area contributed by atoms with Crippen LogP contribution in [0.4, 0.5) is 0 Å². The first-order valence-corrected chi connectivity index (χ1v) is 7.06. The molecule has 0 radical (unpaired) electrons. The molecule has 3 aromatic heterocycles. The molecule has 0 fully saturated rings. The molecule has 3 rings (SSSR count). The minimum absolute atomic E-state index is 0.552. The van der Waals surface area contributed by atoms with Crippen LogP contribution in [0.2, 0.25) is 0 Å². The predicted octanol–water partition coefficient (Wildman–Crippen LogP) is 1.64. The molecule has 0 aliphatic rings. The van der Waals surface area contributed by atoms with Crippen LogP contribution in [0.5, 0.6) is 0 Å². The van der Waals surface area contributed by atoms with Crippen LogP contribution < -0.4 is 0 Å². The molecule has 0 N–H and O–H groups in total. The van der Waals surface area contributed by atoms with Crippen molar-refractivity contribution >= 4 is 22.8 Å². The van der Waals surface area contributed by atoms with Crippen molar-refractivity contribution in [1.29, 1.82) is 0 Å². The monoisotopic (exact) mass is 292 g/mol. The number of imidazole rings is 2. The summed E-state index contributed by atoms with van der Waals surface area (Å²) in [5.74, 6) is 2.52. The third kappa shape index (κ3) is 2.00. The number of halogens is 1. The van der Waals surface area contributed by atoms with Crippen molar-refractivity contribution in [3.05, 3.63) is 29.7 Å². The standard InChI is InChI=1S/C13H17ClN6/c1-9-12-13(19(3)17-9)20(10(16-12)4-5-14)8-11-15-6-7-18(11)2/h6-7H,4-5,8H2,1-3H3. The van der Waals surface area contributed by atoms with Crippen molar-refractivity contribution in [2.24, 2.45) is 14.1 Å². The Bertz CT molecular complexity index is 750. The van der Waals surface area contributed by atoms with Gasteiger partial charge in [-0.2, -0.15) is 5.10 Å². The van der Waals surface area contributed by atoms with E-state index in [4.69, 9.17) is 16.6 Å². The lowest BCUT2D eigenvalue weighted by Gasteiger charge is -2.09. The Kier molecular flexibility index (Phi) is 3.25. The lowest BCUT2D eigenvalue weighted by Crippen LogP contribution is -2.12. The molecule has 0 saturated heterocycles. The zero-order valence-electron chi connectivity index (χ0n) is 11.8. The zero-order valence-corrected chi connectivity index (χ0v) is 12.6. The van der Waals surface area contributed by atoms with Crippen LogP contribution >= 0.6 is 11.6 Å². The molecule has 3 heterocycles. The highest BCUT2D eigenvalue weighted by Gasteiger charge is 2.18. The van der Waals surface area contributed by atoms with Gasteiger partial charge in [0.1, 0.15) is 17.2 Å². The van der Waals surface area contributed by atoms with Crippen molar-refractivity contribution in [1.82, 2.24) is 28.9 Å².